The first-order valence-corrected chi connectivity index (χ1v) is 6.31. The van der Waals surface area contributed by atoms with Gasteiger partial charge in [0, 0.05) is 11.8 Å². The quantitative estimate of drug-likeness (QED) is 0.865. The average Bonchev–Trinajstić information content (AvgIpc) is 2.48. The summed E-state index contributed by atoms with van der Waals surface area (Å²) >= 11 is 0. The van der Waals surface area contributed by atoms with Crippen LogP contribution in [0.4, 0.5) is 5.69 Å². The van der Waals surface area contributed by atoms with Crippen molar-refractivity contribution in [2.75, 3.05) is 0 Å². The van der Waals surface area contributed by atoms with Crippen molar-refractivity contribution in [1.29, 1.82) is 0 Å². The molecule has 4 heteroatoms. The smallest absolute Gasteiger partial charge is 0.187 e. The number of aliphatic hydroxyl groups excluding tert-OH is 1. The van der Waals surface area contributed by atoms with E-state index in [1.807, 2.05) is 26.0 Å². The van der Waals surface area contributed by atoms with Gasteiger partial charge in [-0.2, -0.15) is 0 Å². The van der Waals surface area contributed by atoms with Crippen LogP contribution in [0.25, 0.3) is 4.85 Å². The molecule has 20 heavy (non-hydrogen) atoms. The molecule has 0 unspecified atom stereocenters. The predicted molar refractivity (Wildman–Crippen MR) is 76.7 cm³/mol. The molecule has 2 aromatic rings. The highest BCUT2D eigenvalue weighted by Crippen LogP contribution is 2.25. The van der Waals surface area contributed by atoms with Crippen LogP contribution in [0, 0.1) is 20.4 Å². The summed E-state index contributed by atoms with van der Waals surface area (Å²) in [5.74, 6) is 0.714. The van der Waals surface area contributed by atoms with Crippen LogP contribution in [0.5, 0.6) is 5.75 Å². The molecule has 1 aromatic heterocycles. The van der Waals surface area contributed by atoms with Gasteiger partial charge in [-0.15, -0.1) is 0 Å². The van der Waals surface area contributed by atoms with E-state index >= 15 is 0 Å². The highest BCUT2D eigenvalue weighted by Gasteiger charge is 2.09. The fraction of sp³-hybridized carbons (Fsp3) is 0.250. The first kappa shape index (κ1) is 14.0. The van der Waals surface area contributed by atoms with Gasteiger partial charge in [-0.05, 0) is 25.0 Å². The highest BCUT2D eigenvalue weighted by molar-refractivity contribution is 5.45. The lowest BCUT2D eigenvalue weighted by atomic mass is 10.1. The average molecular weight is 268 g/mol. The third-order valence-electron chi connectivity index (χ3n) is 3.18. The van der Waals surface area contributed by atoms with E-state index in [0.717, 1.165) is 22.4 Å². The zero-order chi connectivity index (χ0) is 14.5. The zero-order valence-electron chi connectivity index (χ0n) is 11.6. The molecule has 0 bridgehead atoms. The van der Waals surface area contributed by atoms with Gasteiger partial charge in [0.15, 0.2) is 5.69 Å². The van der Waals surface area contributed by atoms with Gasteiger partial charge in [0.2, 0.25) is 0 Å². The van der Waals surface area contributed by atoms with E-state index in [4.69, 9.17) is 11.3 Å². The summed E-state index contributed by atoms with van der Waals surface area (Å²) in [7, 11) is 0. The van der Waals surface area contributed by atoms with Crippen LogP contribution in [0.2, 0.25) is 0 Å². The van der Waals surface area contributed by atoms with Gasteiger partial charge in [0.1, 0.15) is 12.4 Å². The van der Waals surface area contributed by atoms with E-state index < -0.39 is 0 Å². The number of aliphatic hydroxyl groups is 1. The van der Waals surface area contributed by atoms with E-state index in [2.05, 4.69) is 9.83 Å². The first-order chi connectivity index (χ1) is 9.65. The lowest BCUT2D eigenvalue weighted by Crippen LogP contribution is -2.03. The molecule has 0 aliphatic heterocycles. The second-order valence-corrected chi connectivity index (χ2v) is 4.55. The molecule has 1 aromatic carbocycles. The Morgan fingerprint density at radius 2 is 1.95 bits per heavy atom. The third-order valence-corrected chi connectivity index (χ3v) is 3.18. The van der Waals surface area contributed by atoms with E-state index in [-0.39, 0.29) is 6.61 Å². The molecule has 2 rings (SSSR count). The largest absolute Gasteiger partial charge is 0.487 e. The van der Waals surface area contributed by atoms with Gasteiger partial charge in [-0.1, -0.05) is 24.3 Å². The Morgan fingerprint density at radius 3 is 2.55 bits per heavy atom. The van der Waals surface area contributed by atoms with Gasteiger partial charge < -0.3 is 9.84 Å². The second kappa shape index (κ2) is 6.18. The SMILES string of the molecule is [C-]#[N+]c1ccc(COc2c(C)ncc(CO)c2C)cc1. The maximum Gasteiger partial charge on any atom is 0.187 e. The molecule has 0 aliphatic rings. The Labute approximate surface area is 118 Å². The van der Waals surface area contributed by atoms with Crippen molar-refractivity contribution in [3.63, 3.8) is 0 Å². The molecule has 4 nitrogen and oxygen atoms in total. The number of hydrogen-bond acceptors (Lipinski definition) is 3. The normalized spacial score (nSPS) is 10.1. The molecule has 0 saturated heterocycles. The maximum atomic E-state index is 9.25. The second-order valence-electron chi connectivity index (χ2n) is 4.55. The minimum atomic E-state index is -0.0465. The van der Waals surface area contributed by atoms with Gasteiger partial charge in [-0.3, -0.25) is 4.98 Å². The summed E-state index contributed by atoms with van der Waals surface area (Å²) in [6.45, 7) is 11.1. The molecule has 0 amide bonds. The minimum Gasteiger partial charge on any atom is -0.487 e. The van der Waals surface area contributed by atoms with Crippen LogP contribution < -0.4 is 4.74 Å². The van der Waals surface area contributed by atoms with Crippen LogP contribution in [-0.4, -0.2) is 10.1 Å². The molecule has 0 fully saturated rings. The molecule has 0 aliphatic carbocycles. The fourth-order valence-corrected chi connectivity index (χ4v) is 1.94. The standard InChI is InChI=1S/C16H16N2O2/c1-11-14(9-19)8-18-12(2)16(11)20-10-13-4-6-15(17-3)7-5-13/h4-8,19H,9-10H2,1-2H3. The van der Waals surface area contributed by atoms with E-state index in [1.165, 1.54) is 0 Å². The molecular formula is C16H16N2O2. The van der Waals surface area contributed by atoms with Crippen molar-refractivity contribution in [1.82, 2.24) is 4.98 Å². The van der Waals surface area contributed by atoms with Gasteiger partial charge in [0.05, 0.1) is 18.9 Å². The Hall–Kier alpha value is -2.38. The summed E-state index contributed by atoms with van der Waals surface area (Å²) in [4.78, 5) is 7.58. The zero-order valence-corrected chi connectivity index (χ0v) is 11.6. The molecule has 0 atom stereocenters. The minimum absolute atomic E-state index is 0.0465. The molecule has 102 valence electrons. The Kier molecular flexibility index (Phi) is 4.34. The summed E-state index contributed by atoms with van der Waals surface area (Å²) in [6.07, 6.45) is 1.67. The van der Waals surface area contributed by atoms with Crippen molar-refractivity contribution in [2.45, 2.75) is 27.1 Å². The van der Waals surface area contributed by atoms with Crippen molar-refractivity contribution < 1.29 is 9.84 Å². The Morgan fingerprint density at radius 1 is 1.25 bits per heavy atom. The van der Waals surface area contributed by atoms with Crippen LogP contribution in [0.15, 0.2) is 30.5 Å². The van der Waals surface area contributed by atoms with E-state index in [9.17, 15) is 5.11 Å². The van der Waals surface area contributed by atoms with Crippen molar-refractivity contribution >= 4 is 5.69 Å². The molecule has 0 spiro atoms. The van der Waals surface area contributed by atoms with Gasteiger partial charge >= 0.3 is 0 Å². The number of nitrogens with zero attached hydrogens (tertiary/aromatic N) is 2. The number of benzene rings is 1. The maximum absolute atomic E-state index is 9.25. The predicted octanol–water partition coefficient (Wildman–Crippen LogP) is 3.32. The van der Waals surface area contributed by atoms with Crippen LogP contribution in [-0.2, 0) is 13.2 Å². The molecule has 0 saturated carbocycles. The third kappa shape index (κ3) is 2.95. The van der Waals surface area contributed by atoms with Crippen molar-refractivity contribution in [2.24, 2.45) is 0 Å². The van der Waals surface area contributed by atoms with Crippen LogP contribution in [0.1, 0.15) is 22.4 Å². The van der Waals surface area contributed by atoms with Gasteiger partial charge in [-0.25, -0.2) is 4.85 Å². The number of pyridine rings is 1. The monoisotopic (exact) mass is 268 g/mol. The number of ether oxygens (including phenoxy) is 1. The molecule has 1 heterocycles. The molecule has 0 radical (unpaired) electrons. The highest BCUT2D eigenvalue weighted by atomic mass is 16.5. The summed E-state index contributed by atoms with van der Waals surface area (Å²) in [5.41, 5.74) is 4.10. The number of aromatic nitrogens is 1. The number of hydrogen-bond donors (Lipinski definition) is 1. The van der Waals surface area contributed by atoms with Gasteiger partial charge in [0.25, 0.3) is 0 Å². The Balaban J connectivity index is 2.16. The lowest BCUT2D eigenvalue weighted by Gasteiger charge is -2.14. The first-order valence-electron chi connectivity index (χ1n) is 6.31. The lowest BCUT2D eigenvalue weighted by molar-refractivity contribution is 0.274. The van der Waals surface area contributed by atoms with Crippen LogP contribution in [0.3, 0.4) is 0 Å². The summed E-state index contributed by atoms with van der Waals surface area (Å²) < 4.78 is 5.82. The Bertz CT molecular complexity index is 643. The van der Waals surface area contributed by atoms with E-state index in [0.29, 0.717) is 18.0 Å². The van der Waals surface area contributed by atoms with Crippen molar-refractivity contribution in [3.8, 4) is 5.75 Å². The molecule has 1 N–H and O–H groups in total. The molecular weight excluding hydrogens is 252 g/mol. The van der Waals surface area contributed by atoms with E-state index in [1.54, 1.807) is 18.3 Å². The van der Waals surface area contributed by atoms with Crippen LogP contribution >= 0.6 is 0 Å². The summed E-state index contributed by atoms with van der Waals surface area (Å²) in [5, 5.41) is 9.25. The summed E-state index contributed by atoms with van der Waals surface area (Å²) in [6, 6.07) is 7.30. The van der Waals surface area contributed by atoms with Crippen molar-refractivity contribution in [3.05, 3.63) is 64.3 Å². The number of aryl methyl sites for hydroxylation is 1. The number of rotatable bonds is 4. The fourth-order valence-electron chi connectivity index (χ4n) is 1.94. The topological polar surface area (TPSA) is 46.7 Å².